The summed E-state index contributed by atoms with van der Waals surface area (Å²) in [5.74, 6) is 0.448. The van der Waals surface area contributed by atoms with Crippen molar-refractivity contribution in [3.8, 4) is 0 Å². The van der Waals surface area contributed by atoms with E-state index in [2.05, 4.69) is 10.2 Å². The molecule has 37 heavy (non-hydrogen) atoms. The summed E-state index contributed by atoms with van der Waals surface area (Å²) in [6.45, 7) is 13.8. The molecule has 208 valence electrons. The number of rotatable bonds is 8. The number of ether oxygens (including phenoxy) is 1. The van der Waals surface area contributed by atoms with Crippen molar-refractivity contribution in [2.75, 3.05) is 19.6 Å². The lowest BCUT2D eigenvalue weighted by atomic mass is 9.96. The molecule has 0 spiro atoms. The summed E-state index contributed by atoms with van der Waals surface area (Å²) in [6, 6.07) is 5.45. The molecule has 0 aromatic heterocycles. The second kappa shape index (κ2) is 11.6. The molecule has 6 nitrogen and oxygen atoms in total. The largest absolute Gasteiger partial charge is 0.444 e. The maximum Gasteiger partial charge on any atom is 0.416 e. The van der Waals surface area contributed by atoms with Crippen LogP contribution in [0.4, 0.5) is 18.0 Å². The Kier molecular flexibility index (Phi) is 9.19. The summed E-state index contributed by atoms with van der Waals surface area (Å²) in [5, 5.41) is 3.24. The lowest BCUT2D eigenvalue weighted by Gasteiger charge is -2.32. The summed E-state index contributed by atoms with van der Waals surface area (Å²) in [4.78, 5) is 29.5. The van der Waals surface area contributed by atoms with Gasteiger partial charge in [-0.2, -0.15) is 13.2 Å². The van der Waals surface area contributed by atoms with Crippen molar-refractivity contribution in [3.63, 3.8) is 0 Å². The van der Waals surface area contributed by atoms with E-state index >= 15 is 0 Å². The highest BCUT2D eigenvalue weighted by Gasteiger charge is 2.43. The number of amides is 2. The number of nitrogens with zero attached hydrogens (tertiary/aromatic N) is 2. The highest BCUT2D eigenvalue weighted by molar-refractivity contribution is 5.78. The number of nitrogens with one attached hydrogen (secondary N) is 1. The quantitative estimate of drug-likeness (QED) is 0.473. The lowest BCUT2D eigenvalue weighted by Crippen LogP contribution is -2.45. The van der Waals surface area contributed by atoms with Gasteiger partial charge in [0.05, 0.1) is 5.56 Å². The van der Waals surface area contributed by atoms with Gasteiger partial charge in [0.15, 0.2) is 0 Å². The van der Waals surface area contributed by atoms with Crippen LogP contribution in [0.5, 0.6) is 0 Å². The monoisotopic (exact) mass is 525 g/mol. The highest BCUT2D eigenvalue weighted by Crippen LogP contribution is 2.39. The first kappa shape index (κ1) is 29.3. The molecule has 1 saturated heterocycles. The van der Waals surface area contributed by atoms with E-state index in [4.69, 9.17) is 4.74 Å². The van der Waals surface area contributed by atoms with Crippen molar-refractivity contribution >= 4 is 12.0 Å². The third kappa shape index (κ3) is 7.85. The van der Waals surface area contributed by atoms with Gasteiger partial charge >= 0.3 is 12.3 Å². The first-order chi connectivity index (χ1) is 17.2. The minimum Gasteiger partial charge on any atom is -0.444 e. The van der Waals surface area contributed by atoms with Gasteiger partial charge < -0.3 is 15.0 Å². The van der Waals surface area contributed by atoms with Gasteiger partial charge in [-0.3, -0.25) is 9.69 Å². The van der Waals surface area contributed by atoms with Gasteiger partial charge in [0.1, 0.15) is 5.60 Å². The fourth-order valence-corrected chi connectivity index (χ4v) is 5.78. The van der Waals surface area contributed by atoms with Gasteiger partial charge in [-0.1, -0.05) is 25.1 Å². The second-order valence-corrected chi connectivity index (χ2v) is 11.8. The Morgan fingerprint density at radius 3 is 2.49 bits per heavy atom. The number of hydrogen-bond acceptors (Lipinski definition) is 4. The van der Waals surface area contributed by atoms with Crippen LogP contribution in [0.25, 0.3) is 0 Å². The minimum atomic E-state index is -4.35. The van der Waals surface area contributed by atoms with E-state index in [0.29, 0.717) is 36.9 Å². The molecule has 5 atom stereocenters. The zero-order valence-electron chi connectivity index (χ0n) is 22.9. The molecule has 2 fully saturated rings. The van der Waals surface area contributed by atoms with Crippen LogP contribution >= 0.6 is 0 Å². The molecular weight excluding hydrogens is 483 g/mol. The number of fused-ring (bicyclic) bond motifs is 1. The third-order valence-electron chi connectivity index (χ3n) is 7.56. The molecular formula is C28H42F3N3O3. The Morgan fingerprint density at radius 2 is 1.86 bits per heavy atom. The smallest absolute Gasteiger partial charge is 0.416 e. The molecule has 9 heteroatoms. The van der Waals surface area contributed by atoms with Crippen molar-refractivity contribution in [2.24, 2.45) is 17.8 Å². The van der Waals surface area contributed by atoms with Crippen molar-refractivity contribution in [3.05, 3.63) is 35.4 Å². The summed E-state index contributed by atoms with van der Waals surface area (Å²) in [5.41, 5.74) is -0.544. The first-order valence-corrected chi connectivity index (χ1v) is 13.4. The van der Waals surface area contributed by atoms with Crippen molar-refractivity contribution in [2.45, 2.75) is 91.2 Å². The molecule has 1 saturated carbocycles. The van der Waals surface area contributed by atoms with Crippen LogP contribution in [0.2, 0.25) is 0 Å². The van der Waals surface area contributed by atoms with E-state index in [1.54, 1.807) is 11.0 Å². The van der Waals surface area contributed by atoms with Gasteiger partial charge in [-0.05, 0) is 77.3 Å². The zero-order chi connectivity index (χ0) is 27.5. The second-order valence-electron chi connectivity index (χ2n) is 11.8. The zero-order valence-corrected chi connectivity index (χ0v) is 22.9. The maximum absolute atomic E-state index is 13.1. The van der Waals surface area contributed by atoms with Crippen LogP contribution in [-0.4, -0.2) is 59.1 Å². The van der Waals surface area contributed by atoms with Crippen LogP contribution in [0.1, 0.15) is 71.9 Å². The topological polar surface area (TPSA) is 61.9 Å². The predicted molar refractivity (Wildman–Crippen MR) is 137 cm³/mol. The van der Waals surface area contributed by atoms with Crippen LogP contribution in [0.15, 0.2) is 24.3 Å². The molecule has 2 unspecified atom stereocenters. The standard InChI is InChI=1S/C28H42F3N3O3/c1-7-34(26(36)37-27(4,5)6)19(3)13-18(2)25(35)32-24-12-11-21-16-33(17-23(21)24)15-20-9-8-10-22(14-20)28(29,30)31/h8-10,14,18-19,21,23-24H,7,11-13,15-17H2,1-6H3,(H,32,35)/t18-,19?,21+,23?,24-/m0/s1. The number of carbonyl (C=O) groups excluding carboxylic acids is 2. The predicted octanol–water partition coefficient (Wildman–Crippen LogP) is 5.70. The Labute approximate surface area is 218 Å². The Hall–Kier alpha value is -2.29. The minimum absolute atomic E-state index is 0.0194. The van der Waals surface area contributed by atoms with Crippen molar-refractivity contribution in [1.82, 2.24) is 15.1 Å². The van der Waals surface area contributed by atoms with Crippen molar-refractivity contribution in [1.29, 1.82) is 0 Å². The number of likely N-dealkylation sites (tertiary alicyclic amines) is 1. The molecule has 1 aromatic rings. The summed E-state index contributed by atoms with van der Waals surface area (Å²) in [6.07, 6.45) is -2.27. The summed E-state index contributed by atoms with van der Waals surface area (Å²) in [7, 11) is 0. The van der Waals surface area contributed by atoms with E-state index in [0.717, 1.165) is 32.0 Å². The van der Waals surface area contributed by atoms with Crippen LogP contribution in [0, 0.1) is 17.8 Å². The van der Waals surface area contributed by atoms with Gasteiger partial charge in [0.25, 0.3) is 0 Å². The maximum atomic E-state index is 13.1. The molecule has 1 aliphatic carbocycles. The Bertz CT molecular complexity index is 947. The lowest BCUT2D eigenvalue weighted by molar-refractivity contribution is -0.137. The van der Waals surface area contributed by atoms with Gasteiger partial charge in [-0.25, -0.2) is 4.79 Å². The highest BCUT2D eigenvalue weighted by atomic mass is 19.4. The molecule has 0 radical (unpaired) electrons. The molecule has 1 heterocycles. The summed E-state index contributed by atoms with van der Waals surface area (Å²) >= 11 is 0. The molecule has 1 aromatic carbocycles. The summed E-state index contributed by atoms with van der Waals surface area (Å²) < 4.78 is 44.7. The number of carbonyl (C=O) groups is 2. The van der Waals surface area contributed by atoms with Gasteiger partial charge in [0, 0.05) is 44.2 Å². The van der Waals surface area contributed by atoms with Crippen LogP contribution < -0.4 is 5.32 Å². The molecule has 3 rings (SSSR count). The SMILES string of the molecule is CCN(C(=O)OC(C)(C)C)C(C)C[C@H](C)C(=O)N[C@H]1CC[C@@H]2CN(Cc3cccc(C(F)(F)F)c3)CC21. The van der Waals surface area contributed by atoms with Crippen molar-refractivity contribution < 1.29 is 27.5 Å². The normalized spacial score (nSPS) is 23.9. The Morgan fingerprint density at radius 1 is 1.16 bits per heavy atom. The number of halogens is 3. The third-order valence-corrected chi connectivity index (χ3v) is 7.56. The molecule has 0 bridgehead atoms. The molecule has 2 amide bonds. The van der Waals surface area contributed by atoms with E-state index in [-0.39, 0.29) is 30.0 Å². The van der Waals surface area contributed by atoms with E-state index in [1.165, 1.54) is 12.1 Å². The van der Waals surface area contributed by atoms with Gasteiger partial charge in [0.2, 0.25) is 5.91 Å². The van der Waals surface area contributed by atoms with E-state index in [1.807, 2.05) is 41.5 Å². The molecule has 1 aliphatic heterocycles. The van der Waals surface area contributed by atoms with Crippen LogP contribution in [-0.2, 0) is 22.3 Å². The number of benzene rings is 1. The number of hydrogen-bond donors (Lipinski definition) is 1. The average Bonchev–Trinajstić information content (AvgIpc) is 3.33. The van der Waals surface area contributed by atoms with Crippen LogP contribution in [0.3, 0.4) is 0 Å². The molecule has 2 aliphatic rings. The Balaban J connectivity index is 1.52. The molecule has 1 N–H and O–H groups in total. The van der Waals surface area contributed by atoms with E-state index < -0.39 is 17.3 Å². The van der Waals surface area contributed by atoms with E-state index in [9.17, 15) is 22.8 Å². The fraction of sp³-hybridized carbons (Fsp3) is 0.714. The first-order valence-electron chi connectivity index (χ1n) is 13.4. The number of alkyl halides is 3. The van der Waals surface area contributed by atoms with Gasteiger partial charge in [-0.15, -0.1) is 0 Å². The fourth-order valence-electron chi connectivity index (χ4n) is 5.78. The average molecular weight is 526 g/mol.